The Kier molecular flexibility index (Phi) is 4.20. The molecule has 0 aliphatic carbocycles. The second kappa shape index (κ2) is 6.06. The Bertz CT molecular complexity index is 648. The van der Waals surface area contributed by atoms with Crippen molar-refractivity contribution in [3.8, 4) is 11.3 Å². The van der Waals surface area contributed by atoms with Crippen molar-refractivity contribution in [2.45, 2.75) is 6.92 Å². The van der Waals surface area contributed by atoms with E-state index in [0.29, 0.717) is 11.3 Å². The molecule has 0 aliphatic rings. The summed E-state index contributed by atoms with van der Waals surface area (Å²) in [5.41, 5.74) is 2.31. The van der Waals surface area contributed by atoms with Crippen molar-refractivity contribution >= 4 is 12.0 Å². The van der Waals surface area contributed by atoms with Gasteiger partial charge in [0.15, 0.2) is 0 Å². The van der Waals surface area contributed by atoms with Gasteiger partial charge in [-0.25, -0.2) is 4.79 Å². The Hall–Kier alpha value is -2.55. The van der Waals surface area contributed by atoms with Crippen LogP contribution in [0.15, 0.2) is 59.0 Å². The molecular weight excluding hydrogens is 252 g/mol. The van der Waals surface area contributed by atoms with Gasteiger partial charge in [-0.05, 0) is 24.6 Å². The van der Waals surface area contributed by atoms with Crippen LogP contribution in [0.3, 0.4) is 0 Å². The summed E-state index contributed by atoms with van der Waals surface area (Å²) in [6.45, 7) is 5.54. The van der Waals surface area contributed by atoms with E-state index in [0.717, 1.165) is 16.9 Å². The molecule has 0 atom stereocenters. The van der Waals surface area contributed by atoms with Crippen molar-refractivity contribution in [2.24, 2.45) is 0 Å². The first-order valence-electron chi connectivity index (χ1n) is 6.24. The first-order chi connectivity index (χ1) is 9.65. The molecule has 2 rings (SSSR count). The van der Waals surface area contributed by atoms with Gasteiger partial charge in [0.25, 0.3) is 0 Å². The van der Waals surface area contributed by atoms with Gasteiger partial charge in [-0.15, -0.1) is 0 Å². The molecule has 0 N–H and O–H groups in total. The van der Waals surface area contributed by atoms with E-state index in [2.05, 4.69) is 11.3 Å². The number of carbonyl (C=O) groups is 1. The van der Waals surface area contributed by atoms with Crippen molar-refractivity contribution in [3.63, 3.8) is 0 Å². The highest BCUT2D eigenvalue weighted by Gasteiger charge is 2.11. The molecule has 20 heavy (non-hydrogen) atoms. The van der Waals surface area contributed by atoms with E-state index >= 15 is 0 Å². The number of ether oxygens (including phenoxy) is 1. The molecule has 0 aliphatic heterocycles. The molecule has 0 fully saturated rings. The van der Waals surface area contributed by atoms with Crippen LogP contribution in [0, 0.1) is 6.92 Å². The lowest BCUT2D eigenvalue weighted by Crippen LogP contribution is -2.01. The molecule has 0 spiro atoms. The normalized spacial score (nSPS) is 11.2. The zero-order chi connectivity index (χ0) is 14.5. The van der Waals surface area contributed by atoms with Crippen LogP contribution in [-0.4, -0.2) is 13.1 Å². The average molecular weight is 268 g/mol. The zero-order valence-corrected chi connectivity index (χ0v) is 11.6. The summed E-state index contributed by atoms with van der Waals surface area (Å²) in [5.74, 6) is 0.962. The minimum absolute atomic E-state index is 0.365. The van der Waals surface area contributed by atoms with Gasteiger partial charge in [0, 0.05) is 5.56 Å². The third kappa shape index (κ3) is 2.88. The van der Waals surface area contributed by atoms with Crippen molar-refractivity contribution in [3.05, 3.63) is 65.9 Å². The molecule has 0 bridgehead atoms. The zero-order valence-electron chi connectivity index (χ0n) is 11.6. The van der Waals surface area contributed by atoms with Crippen LogP contribution in [0.1, 0.15) is 11.3 Å². The van der Waals surface area contributed by atoms with E-state index in [-0.39, 0.29) is 0 Å². The molecule has 0 unspecified atom stereocenters. The lowest BCUT2D eigenvalue weighted by molar-refractivity contribution is -0.135. The Morgan fingerprint density at radius 2 is 2.00 bits per heavy atom. The number of furan rings is 1. The lowest BCUT2D eigenvalue weighted by atomic mass is 10.1. The van der Waals surface area contributed by atoms with Gasteiger partial charge in [0.2, 0.25) is 0 Å². The third-order valence-corrected chi connectivity index (χ3v) is 2.94. The van der Waals surface area contributed by atoms with E-state index in [4.69, 9.17) is 4.42 Å². The van der Waals surface area contributed by atoms with Crippen LogP contribution in [0.4, 0.5) is 0 Å². The number of hydrogen-bond donors (Lipinski definition) is 0. The summed E-state index contributed by atoms with van der Waals surface area (Å²) < 4.78 is 10.5. The SMILES string of the molecule is C=C/C(=C\c1oc(-c2ccccc2)cc1C)C(=O)OC. The predicted octanol–water partition coefficient (Wildman–Crippen LogP) is 4.00. The summed E-state index contributed by atoms with van der Waals surface area (Å²) in [5, 5.41) is 0. The molecular formula is C17H16O3. The highest BCUT2D eigenvalue weighted by Crippen LogP contribution is 2.26. The van der Waals surface area contributed by atoms with Crippen LogP contribution in [0.5, 0.6) is 0 Å². The lowest BCUT2D eigenvalue weighted by Gasteiger charge is -1.99. The van der Waals surface area contributed by atoms with Gasteiger partial charge >= 0.3 is 5.97 Å². The molecule has 1 aromatic carbocycles. The summed E-state index contributed by atoms with van der Waals surface area (Å²) in [6, 6.07) is 11.7. The maximum Gasteiger partial charge on any atom is 0.337 e. The molecule has 0 amide bonds. The van der Waals surface area contributed by atoms with Crippen LogP contribution >= 0.6 is 0 Å². The Balaban J connectivity index is 2.40. The number of aryl methyl sites for hydroxylation is 1. The molecule has 2 aromatic rings. The predicted molar refractivity (Wildman–Crippen MR) is 79.1 cm³/mol. The van der Waals surface area contributed by atoms with Crippen molar-refractivity contribution in [2.75, 3.05) is 7.11 Å². The monoisotopic (exact) mass is 268 g/mol. The van der Waals surface area contributed by atoms with Gasteiger partial charge in [0.1, 0.15) is 11.5 Å². The second-order valence-electron chi connectivity index (χ2n) is 4.32. The van der Waals surface area contributed by atoms with Crippen LogP contribution in [0.2, 0.25) is 0 Å². The molecule has 102 valence electrons. The number of esters is 1. The number of methoxy groups -OCH3 is 1. The quantitative estimate of drug-likeness (QED) is 0.478. The molecule has 0 radical (unpaired) electrons. The van der Waals surface area contributed by atoms with Crippen molar-refractivity contribution in [1.29, 1.82) is 0 Å². The maximum absolute atomic E-state index is 11.5. The van der Waals surface area contributed by atoms with Gasteiger partial charge < -0.3 is 9.15 Å². The molecule has 1 heterocycles. The molecule has 3 heteroatoms. The molecule has 0 saturated heterocycles. The van der Waals surface area contributed by atoms with Crippen LogP contribution in [-0.2, 0) is 9.53 Å². The largest absolute Gasteiger partial charge is 0.465 e. The van der Waals surface area contributed by atoms with Gasteiger partial charge in [-0.1, -0.05) is 43.0 Å². The number of rotatable bonds is 4. The summed E-state index contributed by atoms with van der Waals surface area (Å²) in [6.07, 6.45) is 3.09. The highest BCUT2D eigenvalue weighted by atomic mass is 16.5. The summed E-state index contributed by atoms with van der Waals surface area (Å²) in [4.78, 5) is 11.5. The van der Waals surface area contributed by atoms with E-state index in [1.165, 1.54) is 13.2 Å². The first kappa shape index (κ1) is 13.9. The van der Waals surface area contributed by atoms with Crippen LogP contribution in [0.25, 0.3) is 17.4 Å². The Morgan fingerprint density at radius 3 is 2.60 bits per heavy atom. The van der Waals surface area contributed by atoms with Gasteiger partial charge in [0.05, 0.1) is 12.7 Å². The second-order valence-corrected chi connectivity index (χ2v) is 4.32. The standard InChI is InChI=1S/C17H16O3/c1-4-13(17(18)19-3)11-15-12(2)10-16(20-15)14-8-6-5-7-9-14/h4-11H,1H2,2-3H3/b13-11+. The van der Waals surface area contributed by atoms with E-state index < -0.39 is 5.97 Å². The van der Waals surface area contributed by atoms with Crippen LogP contribution < -0.4 is 0 Å². The van der Waals surface area contributed by atoms with Crippen molar-refractivity contribution < 1.29 is 13.9 Å². The van der Waals surface area contributed by atoms with Crippen molar-refractivity contribution in [1.82, 2.24) is 0 Å². The first-order valence-corrected chi connectivity index (χ1v) is 6.24. The summed E-state index contributed by atoms with van der Waals surface area (Å²) in [7, 11) is 1.34. The smallest absolute Gasteiger partial charge is 0.337 e. The van der Waals surface area contributed by atoms with E-state index in [1.54, 1.807) is 6.08 Å². The topological polar surface area (TPSA) is 39.4 Å². The molecule has 1 aromatic heterocycles. The average Bonchev–Trinajstić information content (AvgIpc) is 2.86. The van der Waals surface area contributed by atoms with E-state index in [9.17, 15) is 4.79 Å². The van der Waals surface area contributed by atoms with Gasteiger partial charge in [-0.3, -0.25) is 0 Å². The minimum atomic E-state index is -0.433. The third-order valence-electron chi connectivity index (χ3n) is 2.94. The fourth-order valence-corrected chi connectivity index (χ4v) is 1.84. The van der Waals surface area contributed by atoms with Gasteiger partial charge in [-0.2, -0.15) is 0 Å². The number of hydrogen-bond acceptors (Lipinski definition) is 3. The Labute approximate surface area is 118 Å². The highest BCUT2D eigenvalue weighted by molar-refractivity contribution is 5.96. The maximum atomic E-state index is 11.5. The molecule has 0 saturated carbocycles. The molecule has 3 nitrogen and oxygen atoms in total. The minimum Gasteiger partial charge on any atom is -0.465 e. The number of carbonyl (C=O) groups excluding carboxylic acids is 1. The number of benzene rings is 1. The fraction of sp³-hybridized carbons (Fsp3) is 0.118. The fourth-order valence-electron chi connectivity index (χ4n) is 1.84. The Morgan fingerprint density at radius 1 is 1.30 bits per heavy atom. The van der Waals surface area contributed by atoms with E-state index in [1.807, 2.05) is 43.3 Å². The summed E-state index contributed by atoms with van der Waals surface area (Å²) >= 11 is 0.